The molecule has 120 valence electrons. The predicted molar refractivity (Wildman–Crippen MR) is 85.3 cm³/mol. The number of benzene rings is 1. The SMILES string of the molecule is CCCCc1ccccc1C(=O)c1ccc2n1CCC2C(=O)[O-].[K+]. The van der Waals surface area contributed by atoms with Gasteiger partial charge in [-0.3, -0.25) is 4.79 Å². The Morgan fingerprint density at radius 3 is 2.67 bits per heavy atom. The Labute approximate surface area is 184 Å². The standard InChI is InChI=1S/C19H21NO3.K/c1-2-3-6-13-7-4-5-8-14(13)18(21)17-10-9-16-15(19(22)23)11-12-20(16)17;/h4-5,7-10,15H,2-3,6,11-12H2,1H3,(H,22,23);/q;+1/p-1. The fraction of sp³-hybridized carbons (Fsp3) is 0.368. The van der Waals surface area contributed by atoms with Crippen LogP contribution in [-0.4, -0.2) is 16.3 Å². The molecule has 0 spiro atoms. The van der Waals surface area contributed by atoms with Crippen LogP contribution in [0.1, 0.15) is 59.4 Å². The number of aliphatic carboxylic acids is 1. The first-order valence-electron chi connectivity index (χ1n) is 8.16. The van der Waals surface area contributed by atoms with Crippen molar-refractivity contribution in [2.24, 2.45) is 0 Å². The molecule has 24 heavy (non-hydrogen) atoms. The van der Waals surface area contributed by atoms with Gasteiger partial charge in [0.1, 0.15) is 0 Å². The first-order chi connectivity index (χ1) is 11.1. The molecule has 0 saturated carbocycles. The van der Waals surface area contributed by atoms with Crippen LogP contribution >= 0.6 is 0 Å². The number of fused-ring (bicyclic) bond motifs is 1. The molecular weight excluding hydrogens is 329 g/mol. The molecule has 1 aliphatic rings. The van der Waals surface area contributed by atoms with Gasteiger partial charge >= 0.3 is 51.4 Å². The number of nitrogens with zero attached hydrogens (tertiary/aromatic N) is 1. The summed E-state index contributed by atoms with van der Waals surface area (Å²) >= 11 is 0. The van der Waals surface area contributed by atoms with Gasteiger partial charge in [-0.2, -0.15) is 0 Å². The van der Waals surface area contributed by atoms with E-state index in [1.807, 2.05) is 28.8 Å². The van der Waals surface area contributed by atoms with E-state index in [1.165, 1.54) is 0 Å². The molecule has 0 amide bonds. The zero-order valence-electron chi connectivity index (χ0n) is 14.2. The number of carbonyl (C=O) groups is 2. The van der Waals surface area contributed by atoms with Crippen molar-refractivity contribution in [3.8, 4) is 0 Å². The summed E-state index contributed by atoms with van der Waals surface area (Å²) in [6.45, 7) is 2.68. The Balaban J connectivity index is 0.00000208. The average Bonchev–Trinajstić information content (AvgIpc) is 3.14. The maximum absolute atomic E-state index is 12.9. The summed E-state index contributed by atoms with van der Waals surface area (Å²) in [5, 5.41) is 11.2. The monoisotopic (exact) mass is 349 g/mol. The number of unbranched alkanes of at least 4 members (excludes halogenated alkanes) is 1. The van der Waals surface area contributed by atoms with Crippen LogP contribution in [-0.2, 0) is 17.8 Å². The van der Waals surface area contributed by atoms with E-state index >= 15 is 0 Å². The Morgan fingerprint density at radius 1 is 1.21 bits per heavy atom. The third-order valence-corrected chi connectivity index (χ3v) is 4.59. The Morgan fingerprint density at radius 2 is 1.96 bits per heavy atom. The van der Waals surface area contributed by atoms with Gasteiger partial charge in [-0.15, -0.1) is 0 Å². The fourth-order valence-electron chi connectivity index (χ4n) is 3.35. The number of ketones is 1. The molecule has 0 bridgehead atoms. The van der Waals surface area contributed by atoms with Crippen LogP contribution in [0.2, 0.25) is 0 Å². The third-order valence-electron chi connectivity index (χ3n) is 4.59. The summed E-state index contributed by atoms with van der Waals surface area (Å²) in [6.07, 6.45) is 3.50. The summed E-state index contributed by atoms with van der Waals surface area (Å²) in [5.41, 5.74) is 3.04. The average molecular weight is 349 g/mol. The maximum Gasteiger partial charge on any atom is 1.00 e. The summed E-state index contributed by atoms with van der Waals surface area (Å²) < 4.78 is 1.83. The van der Waals surface area contributed by atoms with E-state index in [0.717, 1.165) is 30.4 Å². The van der Waals surface area contributed by atoms with Crippen LogP contribution in [0.15, 0.2) is 36.4 Å². The first kappa shape index (κ1) is 19.6. The van der Waals surface area contributed by atoms with Crippen molar-refractivity contribution in [1.82, 2.24) is 4.57 Å². The van der Waals surface area contributed by atoms with Crippen molar-refractivity contribution in [2.75, 3.05) is 0 Å². The van der Waals surface area contributed by atoms with Crippen molar-refractivity contribution in [1.29, 1.82) is 0 Å². The molecule has 2 aromatic rings. The van der Waals surface area contributed by atoms with Crippen molar-refractivity contribution < 1.29 is 66.1 Å². The van der Waals surface area contributed by atoms with Gasteiger partial charge in [0, 0.05) is 23.7 Å². The molecule has 2 heterocycles. The second kappa shape index (κ2) is 8.58. The van der Waals surface area contributed by atoms with E-state index < -0.39 is 11.9 Å². The molecule has 0 fully saturated rings. The van der Waals surface area contributed by atoms with Crippen LogP contribution in [0.4, 0.5) is 0 Å². The van der Waals surface area contributed by atoms with Crippen LogP contribution in [0.25, 0.3) is 0 Å². The van der Waals surface area contributed by atoms with Gasteiger partial charge in [-0.1, -0.05) is 37.6 Å². The number of carbonyl (C=O) groups excluding carboxylic acids is 2. The molecule has 1 unspecified atom stereocenters. The Bertz CT molecular complexity index is 751. The minimum absolute atomic E-state index is 0. The van der Waals surface area contributed by atoms with Crippen molar-refractivity contribution in [3.05, 3.63) is 58.9 Å². The summed E-state index contributed by atoms with van der Waals surface area (Å²) in [5.74, 6) is -1.70. The quantitative estimate of drug-likeness (QED) is 0.512. The van der Waals surface area contributed by atoms with Crippen LogP contribution in [0.3, 0.4) is 0 Å². The molecule has 0 radical (unpaired) electrons. The topological polar surface area (TPSA) is 62.1 Å². The molecule has 0 saturated heterocycles. The number of hydrogen-bond donors (Lipinski definition) is 0. The second-order valence-corrected chi connectivity index (χ2v) is 6.05. The molecule has 1 atom stereocenters. The van der Waals surface area contributed by atoms with E-state index in [2.05, 4.69) is 6.92 Å². The molecule has 5 heteroatoms. The molecule has 1 aromatic carbocycles. The van der Waals surface area contributed by atoms with Crippen LogP contribution < -0.4 is 56.5 Å². The smallest absolute Gasteiger partial charge is 0.549 e. The van der Waals surface area contributed by atoms with Gasteiger partial charge in [0.25, 0.3) is 0 Å². The van der Waals surface area contributed by atoms with Gasteiger partial charge in [0.15, 0.2) is 0 Å². The molecular formula is C19H20KNO3. The van der Waals surface area contributed by atoms with Crippen molar-refractivity contribution in [3.63, 3.8) is 0 Å². The molecule has 1 aromatic heterocycles. The number of carboxylic acid groups (broad SMARTS) is 1. The van der Waals surface area contributed by atoms with Crippen LogP contribution in [0.5, 0.6) is 0 Å². The molecule has 4 nitrogen and oxygen atoms in total. The Hall–Kier alpha value is -0.724. The summed E-state index contributed by atoms with van der Waals surface area (Å²) in [4.78, 5) is 24.1. The number of carboxylic acids is 1. The van der Waals surface area contributed by atoms with Crippen molar-refractivity contribution in [2.45, 2.75) is 45.1 Å². The minimum atomic E-state index is -1.07. The summed E-state index contributed by atoms with van der Waals surface area (Å²) in [6, 6.07) is 11.2. The summed E-state index contributed by atoms with van der Waals surface area (Å²) in [7, 11) is 0. The molecule has 3 rings (SSSR count). The third kappa shape index (κ3) is 3.75. The van der Waals surface area contributed by atoms with Crippen molar-refractivity contribution >= 4 is 11.8 Å². The Kier molecular flexibility index (Phi) is 7.01. The van der Waals surface area contributed by atoms with Gasteiger partial charge in [0.2, 0.25) is 5.78 Å². The molecule has 1 aliphatic heterocycles. The largest absolute Gasteiger partial charge is 1.00 e. The van der Waals surface area contributed by atoms with E-state index in [9.17, 15) is 14.7 Å². The van der Waals surface area contributed by atoms with E-state index in [0.29, 0.717) is 24.4 Å². The zero-order valence-corrected chi connectivity index (χ0v) is 17.4. The van der Waals surface area contributed by atoms with E-state index in [4.69, 9.17) is 0 Å². The van der Waals surface area contributed by atoms with Gasteiger partial charge < -0.3 is 14.5 Å². The number of rotatable bonds is 6. The minimum Gasteiger partial charge on any atom is -0.549 e. The second-order valence-electron chi connectivity index (χ2n) is 6.05. The predicted octanol–water partition coefficient (Wildman–Crippen LogP) is -0.697. The van der Waals surface area contributed by atoms with Gasteiger partial charge in [-0.05, 0) is 37.0 Å². The number of hydrogen-bond acceptors (Lipinski definition) is 3. The van der Waals surface area contributed by atoms with E-state index in [-0.39, 0.29) is 57.2 Å². The first-order valence-corrected chi connectivity index (χ1v) is 8.16. The normalized spacial score (nSPS) is 15.6. The fourth-order valence-corrected chi connectivity index (χ4v) is 3.35. The number of aryl methyl sites for hydroxylation is 1. The molecule has 0 N–H and O–H groups in total. The maximum atomic E-state index is 12.9. The number of aromatic nitrogens is 1. The van der Waals surface area contributed by atoms with Crippen LogP contribution in [0, 0.1) is 0 Å². The van der Waals surface area contributed by atoms with E-state index in [1.54, 1.807) is 12.1 Å². The zero-order chi connectivity index (χ0) is 16.4. The van der Waals surface area contributed by atoms with Gasteiger partial charge in [-0.25, -0.2) is 0 Å². The molecule has 0 aliphatic carbocycles. The van der Waals surface area contributed by atoms with Gasteiger partial charge in [0.05, 0.1) is 11.7 Å².